The van der Waals surface area contributed by atoms with Crippen molar-refractivity contribution in [2.24, 2.45) is 0 Å². The molecule has 0 atom stereocenters. The van der Waals surface area contributed by atoms with E-state index >= 15 is 0 Å². The van der Waals surface area contributed by atoms with Crippen LogP contribution in [0.15, 0.2) is 36.5 Å². The Labute approximate surface area is 179 Å². The van der Waals surface area contributed by atoms with E-state index in [1.165, 1.54) is 24.2 Å². The first kappa shape index (κ1) is 20.2. The first-order chi connectivity index (χ1) is 14.7. The quantitative estimate of drug-likeness (QED) is 0.594. The molecule has 0 bridgehead atoms. The number of methoxy groups -OCH3 is 1. The third-order valence-corrected chi connectivity index (χ3v) is 5.93. The zero-order valence-electron chi connectivity index (χ0n) is 17.1. The van der Waals surface area contributed by atoms with Crippen LogP contribution in [0.25, 0.3) is 5.13 Å². The van der Waals surface area contributed by atoms with E-state index in [1.807, 2.05) is 37.4 Å². The predicted molar refractivity (Wildman–Crippen MR) is 116 cm³/mol. The number of anilines is 1. The van der Waals surface area contributed by atoms with Crippen molar-refractivity contribution in [1.82, 2.24) is 20.1 Å². The van der Waals surface area contributed by atoms with Crippen molar-refractivity contribution in [2.45, 2.75) is 26.3 Å². The van der Waals surface area contributed by atoms with Crippen LogP contribution in [-0.4, -0.2) is 47.5 Å². The lowest BCUT2D eigenvalue weighted by Gasteiger charge is -2.12. The lowest BCUT2D eigenvalue weighted by atomic mass is 10.2. The largest absolute Gasteiger partial charge is 0.493 e. The number of amides is 1. The molecule has 3 aromatic rings. The summed E-state index contributed by atoms with van der Waals surface area (Å²) in [7, 11) is 1.60. The summed E-state index contributed by atoms with van der Waals surface area (Å²) >= 11 is 1.50. The van der Waals surface area contributed by atoms with Gasteiger partial charge in [0.25, 0.3) is 5.91 Å². The molecule has 0 aliphatic carbocycles. The van der Waals surface area contributed by atoms with E-state index in [0.717, 1.165) is 23.8 Å². The fraction of sp³-hybridized carbons (Fsp3) is 0.381. The van der Waals surface area contributed by atoms with Crippen LogP contribution in [0.2, 0.25) is 0 Å². The zero-order chi connectivity index (χ0) is 20.9. The highest BCUT2D eigenvalue weighted by atomic mass is 32.1. The first-order valence-corrected chi connectivity index (χ1v) is 10.9. The molecule has 1 aliphatic rings. The van der Waals surface area contributed by atoms with Gasteiger partial charge in [-0.3, -0.25) is 9.36 Å². The van der Waals surface area contributed by atoms with Crippen molar-refractivity contribution < 1.29 is 14.3 Å². The van der Waals surface area contributed by atoms with Crippen LogP contribution in [0.3, 0.4) is 0 Å². The number of carbonyl (C=O) groups excluding carboxylic acids is 1. The van der Waals surface area contributed by atoms with Crippen molar-refractivity contribution >= 4 is 22.4 Å². The van der Waals surface area contributed by atoms with Gasteiger partial charge < -0.3 is 19.7 Å². The van der Waals surface area contributed by atoms with Crippen molar-refractivity contribution in [3.63, 3.8) is 0 Å². The van der Waals surface area contributed by atoms with Gasteiger partial charge in [-0.2, -0.15) is 0 Å². The molecular weight excluding hydrogens is 402 g/mol. The molecule has 0 spiro atoms. The van der Waals surface area contributed by atoms with Gasteiger partial charge in [-0.15, -0.1) is 10.2 Å². The molecule has 8 nitrogen and oxygen atoms in total. The highest BCUT2D eigenvalue weighted by Gasteiger charge is 2.19. The minimum Gasteiger partial charge on any atom is -0.493 e. The topological polar surface area (TPSA) is 81.5 Å². The third-order valence-electron chi connectivity index (χ3n) is 4.95. The number of hydrogen-bond acceptors (Lipinski definition) is 7. The van der Waals surface area contributed by atoms with Gasteiger partial charge in [-0.25, -0.2) is 0 Å². The molecule has 1 aromatic carbocycles. The van der Waals surface area contributed by atoms with Crippen LogP contribution in [0.5, 0.6) is 11.5 Å². The zero-order valence-corrected chi connectivity index (χ0v) is 17.9. The number of ether oxygens (including phenoxy) is 2. The molecule has 1 fully saturated rings. The van der Waals surface area contributed by atoms with Gasteiger partial charge in [0.2, 0.25) is 10.3 Å². The molecule has 158 valence electrons. The van der Waals surface area contributed by atoms with E-state index in [9.17, 15) is 4.79 Å². The Morgan fingerprint density at radius 3 is 2.73 bits per heavy atom. The molecule has 1 saturated heterocycles. The summed E-state index contributed by atoms with van der Waals surface area (Å²) < 4.78 is 12.7. The van der Waals surface area contributed by atoms with Gasteiger partial charge in [-0.05, 0) is 49.6 Å². The molecule has 0 radical (unpaired) electrons. The van der Waals surface area contributed by atoms with Crippen LogP contribution < -0.4 is 19.7 Å². The summed E-state index contributed by atoms with van der Waals surface area (Å²) in [6.45, 7) is 4.89. The van der Waals surface area contributed by atoms with Gasteiger partial charge in [0, 0.05) is 25.8 Å². The van der Waals surface area contributed by atoms with Gasteiger partial charge in [-0.1, -0.05) is 17.4 Å². The Hall–Kier alpha value is -3.07. The monoisotopic (exact) mass is 427 g/mol. The minimum atomic E-state index is -0.175. The fourth-order valence-corrected chi connectivity index (χ4v) is 4.34. The van der Waals surface area contributed by atoms with Gasteiger partial charge in [0.05, 0.1) is 13.7 Å². The Morgan fingerprint density at radius 2 is 1.97 bits per heavy atom. The van der Waals surface area contributed by atoms with E-state index in [-0.39, 0.29) is 5.91 Å². The van der Waals surface area contributed by atoms with Crippen LogP contribution in [0.4, 0.5) is 5.13 Å². The van der Waals surface area contributed by atoms with E-state index in [0.29, 0.717) is 35.5 Å². The van der Waals surface area contributed by atoms with Crippen LogP contribution in [0.1, 0.15) is 35.8 Å². The average molecular weight is 428 g/mol. The molecular formula is C21H25N5O3S. The molecule has 1 N–H and O–H groups in total. The predicted octanol–water partition coefficient (Wildman–Crippen LogP) is 3.27. The van der Waals surface area contributed by atoms with E-state index < -0.39 is 0 Å². The Kier molecular flexibility index (Phi) is 6.18. The number of hydrogen-bond donors (Lipinski definition) is 1. The van der Waals surface area contributed by atoms with Gasteiger partial charge in [0.15, 0.2) is 11.5 Å². The maximum atomic E-state index is 12.8. The summed E-state index contributed by atoms with van der Waals surface area (Å²) in [5.41, 5.74) is 1.45. The number of carbonyl (C=O) groups is 1. The number of rotatable bonds is 8. The standard InChI is InChI=1S/C21H25N5O3S/c1-3-29-17-9-8-15(13-18(17)28-2)14-22-19(27)16-7-6-12-26(16)21-24-23-20(30-21)25-10-4-5-11-25/h6-9,12-13H,3-5,10-11,14H2,1-2H3,(H,22,27). The summed E-state index contributed by atoms with van der Waals surface area (Å²) in [5.74, 6) is 1.16. The van der Waals surface area contributed by atoms with Crippen molar-refractivity contribution in [1.29, 1.82) is 0 Å². The smallest absolute Gasteiger partial charge is 0.268 e. The van der Waals surface area contributed by atoms with Gasteiger partial charge >= 0.3 is 0 Å². The second-order valence-electron chi connectivity index (χ2n) is 6.93. The van der Waals surface area contributed by atoms with Crippen molar-refractivity contribution in [3.05, 3.63) is 47.8 Å². The molecule has 30 heavy (non-hydrogen) atoms. The fourth-order valence-electron chi connectivity index (χ4n) is 3.44. The van der Waals surface area contributed by atoms with Gasteiger partial charge in [0.1, 0.15) is 5.69 Å². The lowest BCUT2D eigenvalue weighted by Crippen LogP contribution is -2.25. The number of nitrogens with zero attached hydrogens (tertiary/aromatic N) is 4. The molecule has 3 heterocycles. The first-order valence-electron chi connectivity index (χ1n) is 10.0. The normalized spacial score (nSPS) is 13.5. The Bertz CT molecular complexity index is 1010. The summed E-state index contributed by atoms with van der Waals surface area (Å²) in [6, 6.07) is 9.27. The maximum Gasteiger partial charge on any atom is 0.268 e. The molecule has 0 saturated carbocycles. The highest BCUT2D eigenvalue weighted by molar-refractivity contribution is 7.17. The Morgan fingerprint density at radius 1 is 1.17 bits per heavy atom. The number of benzene rings is 1. The third kappa shape index (κ3) is 4.25. The highest BCUT2D eigenvalue weighted by Crippen LogP contribution is 2.29. The summed E-state index contributed by atoms with van der Waals surface area (Å²) in [6.07, 6.45) is 4.20. The molecule has 0 unspecified atom stereocenters. The summed E-state index contributed by atoms with van der Waals surface area (Å²) in [4.78, 5) is 15.1. The lowest BCUT2D eigenvalue weighted by molar-refractivity contribution is 0.0944. The van der Waals surface area contributed by atoms with Crippen LogP contribution >= 0.6 is 11.3 Å². The maximum absolute atomic E-state index is 12.8. The SMILES string of the molecule is CCOc1ccc(CNC(=O)c2cccn2-c2nnc(N3CCCC3)s2)cc1OC. The second kappa shape index (κ2) is 9.17. The van der Waals surface area contributed by atoms with E-state index in [4.69, 9.17) is 9.47 Å². The molecule has 4 rings (SSSR count). The second-order valence-corrected chi connectivity index (χ2v) is 7.86. The van der Waals surface area contributed by atoms with E-state index in [2.05, 4.69) is 20.4 Å². The minimum absolute atomic E-state index is 0.175. The van der Waals surface area contributed by atoms with Crippen LogP contribution in [-0.2, 0) is 6.54 Å². The van der Waals surface area contributed by atoms with Crippen molar-refractivity contribution in [2.75, 3.05) is 31.7 Å². The number of nitrogens with one attached hydrogen (secondary N) is 1. The van der Waals surface area contributed by atoms with Crippen LogP contribution in [0, 0.1) is 0 Å². The van der Waals surface area contributed by atoms with E-state index in [1.54, 1.807) is 17.7 Å². The Balaban J connectivity index is 1.45. The molecule has 9 heteroatoms. The number of aromatic nitrogens is 3. The molecule has 1 amide bonds. The average Bonchev–Trinajstić information content (AvgIpc) is 3.53. The van der Waals surface area contributed by atoms with Crippen molar-refractivity contribution in [3.8, 4) is 16.6 Å². The molecule has 2 aromatic heterocycles. The summed E-state index contributed by atoms with van der Waals surface area (Å²) in [5, 5.41) is 13.2. The molecule has 1 aliphatic heterocycles.